The predicted molar refractivity (Wildman–Crippen MR) is 90.8 cm³/mol. The van der Waals surface area contributed by atoms with E-state index in [0.29, 0.717) is 11.5 Å². The minimum atomic E-state index is -4.73. The predicted octanol–water partition coefficient (Wildman–Crippen LogP) is -1.32. The molecule has 0 aliphatic carbocycles. The number of phosphoric acid groups is 1. The number of anilines is 1. The van der Waals surface area contributed by atoms with Crippen LogP contribution in [0.2, 0.25) is 0 Å². The monoisotopic (exact) mass is 400 g/mol. The lowest BCUT2D eigenvalue weighted by molar-refractivity contribution is -0.529. The standard InChI is InChI=1S/C14H18N5O7P/c1-7-16-17(2)8-3-4-15-13-10(8)18(7)6-19(13)14-12(21)11(20)9(26-14)5-25-27(22,23)24/h3-4,6,9,11-12,14,20-21H,5H2,1-2H3,(H-,22,23,24)/p+1/t9-,11-,12-,14?/m1/s1. The van der Waals surface area contributed by atoms with Crippen LogP contribution in [0.25, 0.3) is 11.2 Å². The summed E-state index contributed by atoms with van der Waals surface area (Å²) in [6.07, 6.45) is -1.63. The molecule has 2 aromatic heterocycles. The number of phosphoric ester groups is 1. The van der Waals surface area contributed by atoms with E-state index < -0.39 is 39.0 Å². The van der Waals surface area contributed by atoms with E-state index in [0.717, 1.165) is 11.2 Å². The van der Waals surface area contributed by atoms with Gasteiger partial charge in [-0.1, -0.05) is 0 Å². The van der Waals surface area contributed by atoms with Crippen molar-refractivity contribution in [2.45, 2.75) is 31.5 Å². The van der Waals surface area contributed by atoms with Gasteiger partial charge in [0, 0.05) is 20.2 Å². The SMILES string of the molecule is CC1=NN(C)c2ccnc3c2[n+]1cn3C1O[C@H](COP(=O)(O)O)[C@@H](O)[C@H]1O. The van der Waals surface area contributed by atoms with Crippen molar-refractivity contribution in [3.8, 4) is 0 Å². The lowest BCUT2D eigenvalue weighted by atomic mass is 10.1. The normalized spacial score (nSPS) is 28.1. The zero-order chi connectivity index (χ0) is 19.5. The third-order valence-corrected chi connectivity index (χ3v) is 5.10. The van der Waals surface area contributed by atoms with E-state index in [-0.39, 0.29) is 0 Å². The highest BCUT2D eigenvalue weighted by Gasteiger charge is 2.47. The maximum Gasteiger partial charge on any atom is 0.469 e. The van der Waals surface area contributed by atoms with Crippen molar-refractivity contribution in [3.63, 3.8) is 0 Å². The Labute approximate surface area is 153 Å². The number of aromatic nitrogens is 3. The van der Waals surface area contributed by atoms with Crippen LogP contribution in [0.3, 0.4) is 0 Å². The van der Waals surface area contributed by atoms with Gasteiger partial charge in [0.15, 0.2) is 11.8 Å². The molecule has 2 aliphatic heterocycles. The minimum Gasteiger partial charge on any atom is -0.387 e. The van der Waals surface area contributed by atoms with Crippen molar-refractivity contribution >= 4 is 30.5 Å². The second-order valence-electron chi connectivity index (χ2n) is 6.40. The molecule has 1 saturated heterocycles. The molecule has 0 amide bonds. The first-order valence-electron chi connectivity index (χ1n) is 8.09. The van der Waals surface area contributed by atoms with Crippen LogP contribution in [-0.4, -0.2) is 67.4 Å². The molecule has 4 heterocycles. The van der Waals surface area contributed by atoms with Gasteiger partial charge < -0.3 is 24.7 Å². The summed E-state index contributed by atoms with van der Waals surface area (Å²) in [6.45, 7) is 1.24. The maximum absolute atomic E-state index is 10.9. The van der Waals surface area contributed by atoms with Crippen LogP contribution < -0.4 is 9.58 Å². The van der Waals surface area contributed by atoms with Gasteiger partial charge in [0.2, 0.25) is 11.9 Å². The maximum atomic E-state index is 10.9. The molecule has 12 nitrogen and oxygen atoms in total. The molecular formula is C14H19N5O7P+. The summed E-state index contributed by atoms with van der Waals surface area (Å²) < 4.78 is 24.3. The summed E-state index contributed by atoms with van der Waals surface area (Å²) in [5, 5.41) is 26.8. The van der Waals surface area contributed by atoms with Crippen molar-refractivity contribution in [3.05, 3.63) is 18.6 Å². The van der Waals surface area contributed by atoms with Gasteiger partial charge in [-0.25, -0.2) is 19.1 Å². The minimum absolute atomic E-state index is 0.501. The molecule has 0 bridgehead atoms. The first kappa shape index (κ1) is 18.4. The van der Waals surface area contributed by atoms with Crippen LogP contribution in [0, 0.1) is 0 Å². The Morgan fingerprint density at radius 2 is 2.11 bits per heavy atom. The zero-order valence-corrected chi connectivity index (χ0v) is 15.3. The van der Waals surface area contributed by atoms with E-state index in [1.54, 1.807) is 39.8 Å². The number of rotatable bonds is 4. The number of hydrazone groups is 1. The largest absolute Gasteiger partial charge is 0.469 e. The summed E-state index contributed by atoms with van der Waals surface area (Å²) in [4.78, 5) is 22.0. The van der Waals surface area contributed by atoms with Gasteiger partial charge in [-0.3, -0.25) is 4.52 Å². The van der Waals surface area contributed by atoms with Crippen molar-refractivity contribution in [1.82, 2.24) is 9.55 Å². The highest BCUT2D eigenvalue weighted by atomic mass is 31.2. The lowest BCUT2D eigenvalue weighted by Gasteiger charge is -2.14. The molecule has 2 aromatic rings. The van der Waals surface area contributed by atoms with Crippen LogP contribution >= 0.6 is 7.82 Å². The zero-order valence-electron chi connectivity index (χ0n) is 14.4. The fourth-order valence-corrected chi connectivity index (χ4v) is 3.71. The number of aliphatic hydroxyl groups excluding tert-OH is 2. The highest BCUT2D eigenvalue weighted by molar-refractivity contribution is 7.46. The van der Waals surface area contributed by atoms with Gasteiger partial charge in [0.25, 0.3) is 5.84 Å². The average molecular weight is 400 g/mol. The van der Waals surface area contributed by atoms with E-state index in [1.807, 2.05) is 6.92 Å². The molecule has 1 fully saturated rings. The Bertz CT molecular complexity index is 972. The van der Waals surface area contributed by atoms with Crippen LogP contribution in [-0.2, 0) is 13.8 Å². The van der Waals surface area contributed by atoms with Gasteiger partial charge in [-0.2, -0.15) is 4.57 Å². The Balaban J connectivity index is 1.72. The van der Waals surface area contributed by atoms with Crippen molar-refractivity contribution in [1.29, 1.82) is 0 Å². The Hall–Kier alpha value is -1.92. The topological polar surface area (TPSA) is 154 Å². The van der Waals surface area contributed by atoms with E-state index in [2.05, 4.69) is 14.6 Å². The summed E-state index contributed by atoms with van der Waals surface area (Å²) >= 11 is 0. The van der Waals surface area contributed by atoms with Crippen LogP contribution in [0.4, 0.5) is 5.69 Å². The smallest absolute Gasteiger partial charge is 0.387 e. The Morgan fingerprint density at radius 1 is 1.37 bits per heavy atom. The Kier molecular flexibility index (Phi) is 4.31. The fourth-order valence-electron chi connectivity index (χ4n) is 3.37. The first-order valence-corrected chi connectivity index (χ1v) is 9.62. The molecule has 4 N–H and O–H groups in total. The van der Waals surface area contributed by atoms with Crippen LogP contribution in [0.15, 0.2) is 23.7 Å². The lowest BCUT2D eigenvalue weighted by Crippen LogP contribution is -2.44. The van der Waals surface area contributed by atoms with Gasteiger partial charge in [0.1, 0.15) is 24.0 Å². The Morgan fingerprint density at radius 3 is 2.81 bits per heavy atom. The van der Waals surface area contributed by atoms with Crippen molar-refractivity contribution in [2.24, 2.45) is 5.10 Å². The molecule has 2 aliphatic rings. The molecule has 1 unspecified atom stereocenters. The third kappa shape index (κ3) is 3.05. The van der Waals surface area contributed by atoms with Gasteiger partial charge in [-0.15, -0.1) is 0 Å². The van der Waals surface area contributed by atoms with Crippen molar-refractivity contribution in [2.75, 3.05) is 18.7 Å². The fraction of sp³-hybridized carbons (Fsp3) is 0.500. The molecule has 146 valence electrons. The van der Waals surface area contributed by atoms with Gasteiger partial charge in [0.05, 0.1) is 6.61 Å². The van der Waals surface area contributed by atoms with Gasteiger partial charge in [-0.05, 0) is 11.2 Å². The quantitative estimate of drug-likeness (QED) is 0.362. The number of nitrogens with zero attached hydrogens (tertiary/aromatic N) is 5. The number of hydrogen-bond donors (Lipinski definition) is 4. The molecule has 0 aromatic carbocycles. The highest BCUT2D eigenvalue weighted by Crippen LogP contribution is 2.39. The van der Waals surface area contributed by atoms with Crippen LogP contribution in [0.1, 0.15) is 13.2 Å². The second kappa shape index (κ2) is 6.31. The summed E-state index contributed by atoms with van der Waals surface area (Å²) in [5.41, 5.74) is 2.06. The third-order valence-electron chi connectivity index (χ3n) is 4.62. The molecule has 4 atom stereocenters. The second-order valence-corrected chi connectivity index (χ2v) is 7.64. The average Bonchev–Trinajstić information content (AvgIpc) is 3.11. The number of ether oxygens (including phenoxy) is 1. The number of pyridine rings is 1. The van der Waals surface area contributed by atoms with E-state index in [4.69, 9.17) is 14.5 Å². The summed E-state index contributed by atoms with van der Waals surface area (Å²) in [7, 11) is -2.92. The molecular weight excluding hydrogens is 381 g/mol. The van der Waals surface area contributed by atoms with E-state index >= 15 is 0 Å². The summed E-state index contributed by atoms with van der Waals surface area (Å²) in [6, 6.07) is 1.80. The number of hydrogen-bond acceptors (Lipinski definition) is 8. The molecule has 0 spiro atoms. The molecule has 0 saturated carbocycles. The molecule has 0 radical (unpaired) electrons. The number of aliphatic hydroxyl groups is 2. The molecule has 27 heavy (non-hydrogen) atoms. The molecule has 13 heteroatoms. The van der Waals surface area contributed by atoms with E-state index in [9.17, 15) is 14.8 Å². The first-order chi connectivity index (χ1) is 12.7. The molecule has 4 rings (SSSR count). The summed E-state index contributed by atoms with van der Waals surface area (Å²) in [5.74, 6) is 0.677. The number of imidazole rings is 1. The van der Waals surface area contributed by atoms with Crippen molar-refractivity contribution < 1.29 is 38.4 Å². The van der Waals surface area contributed by atoms with Gasteiger partial charge >= 0.3 is 7.82 Å². The van der Waals surface area contributed by atoms with Crippen LogP contribution in [0.5, 0.6) is 0 Å². The van der Waals surface area contributed by atoms with E-state index in [1.165, 1.54) is 0 Å².